The molecule has 18 heavy (non-hydrogen) atoms. The smallest absolute Gasteiger partial charge is 0.223 e. The highest BCUT2D eigenvalue weighted by molar-refractivity contribution is 5.80. The minimum absolute atomic E-state index is 0.297. The van der Waals surface area contributed by atoms with Gasteiger partial charge in [0.05, 0.1) is 0 Å². The second-order valence-electron chi connectivity index (χ2n) is 5.75. The van der Waals surface area contributed by atoms with Crippen LogP contribution in [0.1, 0.15) is 84.0 Å². The molecular weight excluding hydrogens is 222 g/mol. The van der Waals surface area contributed by atoms with Gasteiger partial charge < -0.3 is 5.32 Å². The van der Waals surface area contributed by atoms with Gasteiger partial charge in [-0.25, -0.2) is 0 Å². The van der Waals surface area contributed by atoms with Crippen LogP contribution in [0.15, 0.2) is 0 Å². The third-order valence-electron chi connectivity index (χ3n) is 3.78. The van der Waals surface area contributed by atoms with Crippen LogP contribution in [0, 0.1) is 5.92 Å². The van der Waals surface area contributed by atoms with E-state index in [2.05, 4.69) is 12.2 Å². The molecular formula is C16H31NO. The molecule has 1 amide bonds. The second kappa shape index (κ2) is 10.4. The maximum absolute atomic E-state index is 11.4. The van der Waals surface area contributed by atoms with Crippen LogP contribution < -0.4 is 5.32 Å². The lowest BCUT2D eigenvalue weighted by Gasteiger charge is -2.04. The molecule has 0 atom stereocenters. The molecule has 0 saturated heterocycles. The Morgan fingerprint density at radius 1 is 0.889 bits per heavy atom. The van der Waals surface area contributed by atoms with Crippen molar-refractivity contribution in [3.05, 3.63) is 0 Å². The van der Waals surface area contributed by atoms with Crippen molar-refractivity contribution in [1.29, 1.82) is 0 Å². The number of nitrogens with one attached hydrogen (secondary N) is 1. The minimum Gasteiger partial charge on any atom is -0.356 e. The molecule has 0 aromatic carbocycles. The summed E-state index contributed by atoms with van der Waals surface area (Å²) in [6.07, 6.45) is 15.8. The summed E-state index contributed by atoms with van der Waals surface area (Å²) in [6.45, 7) is 3.16. The molecule has 0 bridgehead atoms. The maximum atomic E-state index is 11.4. The molecule has 0 aromatic heterocycles. The van der Waals surface area contributed by atoms with Crippen molar-refractivity contribution in [2.24, 2.45) is 5.92 Å². The van der Waals surface area contributed by atoms with Gasteiger partial charge in [0.2, 0.25) is 5.91 Å². The van der Waals surface area contributed by atoms with Gasteiger partial charge in [0.15, 0.2) is 0 Å². The topological polar surface area (TPSA) is 29.1 Å². The fourth-order valence-electron chi connectivity index (χ4n) is 2.31. The summed E-state index contributed by atoms with van der Waals surface area (Å²) in [5.74, 6) is 0.666. The quantitative estimate of drug-likeness (QED) is 0.512. The zero-order chi connectivity index (χ0) is 13.1. The standard InChI is InChI=1S/C16H31NO/c1-2-3-4-5-6-7-8-9-10-11-14-17-16(18)15-12-13-15/h15H,2-14H2,1H3,(H,17,18). The van der Waals surface area contributed by atoms with Crippen molar-refractivity contribution in [1.82, 2.24) is 5.32 Å². The number of carbonyl (C=O) groups excluding carboxylic acids is 1. The number of unbranched alkanes of at least 4 members (excludes halogenated alkanes) is 9. The Kier molecular flexibility index (Phi) is 8.97. The first-order chi connectivity index (χ1) is 8.84. The molecule has 0 heterocycles. The highest BCUT2D eigenvalue weighted by Gasteiger charge is 2.28. The summed E-state index contributed by atoms with van der Waals surface area (Å²) in [5.41, 5.74) is 0. The fourth-order valence-corrected chi connectivity index (χ4v) is 2.31. The predicted molar refractivity (Wildman–Crippen MR) is 77.6 cm³/mol. The third kappa shape index (κ3) is 8.54. The van der Waals surface area contributed by atoms with E-state index >= 15 is 0 Å². The van der Waals surface area contributed by atoms with E-state index in [1.807, 2.05) is 0 Å². The number of carbonyl (C=O) groups is 1. The Hall–Kier alpha value is -0.530. The van der Waals surface area contributed by atoms with Crippen LogP contribution >= 0.6 is 0 Å². The van der Waals surface area contributed by atoms with E-state index in [-0.39, 0.29) is 0 Å². The largest absolute Gasteiger partial charge is 0.356 e. The Balaban J connectivity index is 1.69. The van der Waals surface area contributed by atoms with Crippen molar-refractivity contribution in [2.45, 2.75) is 84.0 Å². The van der Waals surface area contributed by atoms with Gasteiger partial charge >= 0.3 is 0 Å². The highest BCUT2D eigenvalue weighted by Crippen LogP contribution is 2.28. The number of rotatable bonds is 12. The molecule has 1 fully saturated rings. The van der Waals surface area contributed by atoms with Gasteiger partial charge in [0.1, 0.15) is 0 Å². The number of amides is 1. The van der Waals surface area contributed by atoms with E-state index in [1.165, 1.54) is 57.8 Å². The van der Waals surface area contributed by atoms with Gasteiger partial charge in [0.25, 0.3) is 0 Å². The van der Waals surface area contributed by atoms with Crippen molar-refractivity contribution < 1.29 is 4.79 Å². The summed E-state index contributed by atoms with van der Waals surface area (Å²) in [5, 5.41) is 3.03. The lowest BCUT2D eigenvalue weighted by Crippen LogP contribution is -2.25. The Morgan fingerprint density at radius 3 is 1.89 bits per heavy atom. The van der Waals surface area contributed by atoms with Crippen molar-refractivity contribution in [3.63, 3.8) is 0 Å². The Bertz CT molecular complexity index is 211. The molecule has 106 valence electrons. The Labute approximate surface area is 113 Å². The summed E-state index contributed by atoms with van der Waals surface area (Å²) in [6, 6.07) is 0. The molecule has 1 N–H and O–H groups in total. The van der Waals surface area contributed by atoms with E-state index < -0.39 is 0 Å². The summed E-state index contributed by atoms with van der Waals surface area (Å²) in [7, 11) is 0. The molecule has 2 heteroatoms. The molecule has 0 unspecified atom stereocenters. The fraction of sp³-hybridized carbons (Fsp3) is 0.938. The monoisotopic (exact) mass is 253 g/mol. The van der Waals surface area contributed by atoms with E-state index in [0.717, 1.165) is 25.8 Å². The minimum atomic E-state index is 0.297. The first kappa shape index (κ1) is 15.5. The molecule has 1 aliphatic rings. The molecule has 1 aliphatic carbocycles. The zero-order valence-electron chi connectivity index (χ0n) is 12.2. The normalized spacial score (nSPS) is 14.7. The first-order valence-electron chi connectivity index (χ1n) is 8.12. The van der Waals surface area contributed by atoms with Gasteiger partial charge in [-0.2, -0.15) is 0 Å². The zero-order valence-corrected chi connectivity index (χ0v) is 12.2. The first-order valence-corrected chi connectivity index (χ1v) is 8.12. The van der Waals surface area contributed by atoms with Gasteiger partial charge in [-0.05, 0) is 19.3 Å². The van der Waals surface area contributed by atoms with Crippen LogP contribution in [0.2, 0.25) is 0 Å². The van der Waals surface area contributed by atoms with E-state index in [1.54, 1.807) is 0 Å². The van der Waals surface area contributed by atoms with Crippen LogP contribution in [0.3, 0.4) is 0 Å². The average Bonchev–Trinajstić information content (AvgIpc) is 3.20. The molecule has 0 spiro atoms. The van der Waals surface area contributed by atoms with Crippen LogP contribution in [-0.2, 0) is 4.79 Å². The Morgan fingerprint density at radius 2 is 1.39 bits per heavy atom. The van der Waals surface area contributed by atoms with E-state index in [0.29, 0.717) is 11.8 Å². The van der Waals surface area contributed by atoms with Crippen LogP contribution in [0.5, 0.6) is 0 Å². The highest BCUT2D eigenvalue weighted by atomic mass is 16.2. The summed E-state index contributed by atoms with van der Waals surface area (Å²) in [4.78, 5) is 11.4. The lowest BCUT2D eigenvalue weighted by molar-refractivity contribution is -0.122. The molecule has 0 aliphatic heterocycles. The molecule has 2 nitrogen and oxygen atoms in total. The third-order valence-corrected chi connectivity index (χ3v) is 3.78. The van der Waals surface area contributed by atoms with Crippen LogP contribution in [0.4, 0.5) is 0 Å². The van der Waals surface area contributed by atoms with E-state index in [4.69, 9.17) is 0 Å². The molecule has 1 rings (SSSR count). The molecule has 1 saturated carbocycles. The SMILES string of the molecule is CCCCCCCCCCCCNC(=O)C1CC1. The van der Waals surface area contributed by atoms with Crippen LogP contribution in [-0.4, -0.2) is 12.5 Å². The molecule has 0 radical (unpaired) electrons. The summed E-state index contributed by atoms with van der Waals surface area (Å²) < 4.78 is 0. The summed E-state index contributed by atoms with van der Waals surface area (Å²) >= 11 is 0. The second-order valence-corrected chi connectivity index (χ2v) is 5.75. The predicted octanol–water partition coefficient (Wildman–Crippen LogP) is 4.43. The number of hydrogen-bond donors (Lipinski definition) is 1. The lowest BCUT2D eigenvalue weighted by atomic mass is 10.1. The average molecular weight is 253 g/mol. The van der Waals surface area contributed by atoms with Gasteiger partial charge in [-0.1, -0.05) is 64.7 Å². The molecule has 0 aromatic rings. The van der Waals surface area contributed by atoms with Crippen molar-refractivity contribution in [2.75, 3.05) is 6.54 Å². The van der Waals surface area contributed by atoms with Gasteiger partial charge in [0, 0.05) is 12.5 Å². The van der Waals surface area contributed by atoms with E-state index in [9.17, 15) is 4.79 Å². The van der Waals surface area contributed by atoms with Gasteiger partial charge in [-0.3, -0.25) is 4.79 Å². The van der Waals surface area contributed by atoms with Crippen LogP contribution in [0.25, 0.3) is 0 Å². The van der Waals surface area contributed by atoms with Crippen molar-refractivity contribution in [3.8, 4) is 0 Å². The number of hydrogen-bond acceptors (Lipinski definition) is 1. The van der Waals surface area contributed by atoms with Crippen molar-refractivity contribution >= 4 is 5.91 Å². The maximum Gasteiger partial charge on any atom is 0.223 e. The van der Waals surface area contributed by atoms with Gasteiger partial charge in [-0.15, -0.1) is 0 Å².